The smallest absolute Gasteiger partial charge is 0.232 e. The van der Waals surface area contributed by atoms with Gasteiger partial charge >= 0.3 is 0 Å². The first-order valence-electron chi connectivity index (χ1n) is 16.5. The predicted molar refractivity (Wildman–Crippen MR) is 217 cm³/mol. The highest BCUT2D eigenvalue weighted by Crippen LogP contribution is 2.29. The van der Waals surface area contributed by atoms with Crippen LogP contribution in [0.15, 0.2) is 60.9 Å². The van der Waals surface area contributed by atoms with Crippen LogP contribution in [0.25, 0.3) is 22.1 Å². The quantitative estimate of drug-likeness (QED) is 0.0438. The van der Waals surface area contributed by atoms with E-state index in [0.717, 1.165) is 0 Å². The average Bonchev–Trinajstić information content (AvgIpc) is 3.15. The Morgan fingerprint density at radius 3 is 1.50 bits per heavy atom. The number of aromatic nitrogens is 4. The molecule has 0 amide bonds. The number of nitrogens with zero attached hydrogens (tertiary/aromatic N) is 4. The van der Waals surface area contributed by atoms with Crippen LogP contribution in [0.2, 0.25) is 10.3 Å². The predicted octanol–water partition coefficient (Wildman–Crippen LogP) is 9.20. The average molecular weight is 940 g/mol. The lowest BCUT2D eigenvalue weighted by Crippen LogP contribution is -2.19. The molecule has 0 spiro atoms. The number of nitrogens with two attached hydrogens (primary N) is 1. The van der Waals surface area contributed by atoms with Crippen molar-refractivity contribution in [3.63, 3.8) is 0 Å². The Bertz CT molecular complexity index is 2820. The molecule has 4 aromatic carbocycles. The molecule has 6 aromatic rings. The van der Waals surface area contributed by atoms with Gasteiger partial charge in [0.25, 0.3) is 0 Å². The van der Waals surface area contributed by atoms with Gasteiger partial charge < -0.3 is 5.73 Å². The number of nitrogen functional groups attached to an aromatic ring is 1. The molecular formula is C37H31Cl3F6N6O6S2. The number of fused-ring (bicyclic) bond motifs is 2. The fourth-order valence-electron chi connectivity index (χ4n) is 4.98. The zero-order valence-electron chi connectivity index (χ0n) is 30.1. The van der Waals surface area contributed by atoms with Crippen molar-refractivity contribution >= 4 is 98.0 Å². The van der Waals surface area contributed by atoms with E-state index in [0.29, 0.717) is 29.6 Å². The Morgan fingerprint density at radius 2 is 1.08 bits per heavy atom. The second-order valence-electron chi connectivity index (χ2n) is 12.0. The maximum Gasteiger partial charge on any atom is 0.232 e. The molecule has 2 heterocycles. The third-order valence-corrected chi connectivity index (χ3v) is 10.7. The van der Waals surface area contributed by atoms with E-state index in [2.05, 4.69) is 19.9 Å². The molecule has 0 saturated heterocycles. The van der Waals surface area contributed by atoms with Crippen molar-refractivity contribution in [2.75, 3.05) is 22.0 Å². The van der Waals surface area contributed by atoms with Crippen molar-refractivity contribution in [2.45, 2.75) is 34.1 Å². The summed E-state index contributed by atoms with van der Waals surface area (Å²) < 4.78 is 130. The van der Waals surface area contributed by atoms with Gasteiger partial charge in [0.05, 0.1) is 68.5 Å². The first kappa shape index (κ1) is 49.2. The van der Waals surface area contributed by atoms with Crippen molar-refractivity contribution in [1.82, 2.24) is 19.9 Å². The van der Waals surface area contributed by atoms with E-state index in [1.807, 2.05) is 4.72 Å². The zero-order chi connectivity index (χ0) is 44.0. The first-order chi connectivity index (χ1) is 27.6. The number of anilines is 2. The van der Waals surface area contributed by atoms with Gasteiger partial charge in [-0.15, -0.1) is 0 Å². The molecule has 2 aromatic heterocycles. The monoisotopic (exact) mass is 938 g/mol. The summed E-state index contributed by atoms with van der Waals surface area (Å²) in [6.07, 6.45) is 3.41. The summed E-state index contributed by atoms with van der Waals surface area (Å²) in [5, 5.41) is 0.132. The molecule has 320 valence electrons. The molecule has 0 aliphatic carbocycles. The van der Waals surface area contributed by atoms with E-state index < -0.39 is 88.0 Å². The second kappa shape index (κ2) is 20.4. The van der Waals surface area contributed by atoms with Crippen LogP contribution in [0.4, 0.5) is 37.7 Å². The van der Waals surface area contributed by atoms with Gasteiger partial charge in [0.1, 0.15) is 10.3 Å². The van der Waals surface area contributed by atoms with Gasteiger partial charge in [-0.1, -0.05) is 44.5 Å². The van der Waals surface area contributed by atoms with E-state index in [-0.39, 0.29) is 57.8 Å². The lowest BCUT2D eigenvalue weighted by Gasteiger charge is -2.12. The van der Waals surface area contributed by atoms with E-state index in [1.54, 1.807) is 13.8 Å². The Hall–Kier alpha value is -5.15. The van der Waals surface area contributed by atoms with Crippen molar-refractivity contribution in [3.05, 3.63) is 128 Å². The third-order valence-electron chi connectivity index (χ3n) is 7.53. The highest BCUT2D eigenvalue weighted by atomic mass is 35.7. The molecule has 6 rings (SSSR count). The second-order valence-corrected chi connectivity index (χ2v) is 17.5. The van der Waals surface area contributed by atoms with Gasteiger partial charge in [-0.25, -0.2) is 53.1 Å². The molecule has 0 radical (unpaired) electrons. The number of hydrogen-bond acceptors (Lipinski definition) is 11. The van der Waals surface area contributed by atoms with Crippen molar-refractivity contribution in [2.24, 2.45) is 0 Å². The molecule has 60 heavy (non-hydrogen) atoms. The number of carbonyl (C=O) groups is 2. The minimum absolute atomic E-state index is 0. The summed E-state index contributed by atoms with van der Waals surface area (Å²) in [5.41, 5.74) is 2.39. The van der Waals surface area contributed by atoms with Crippen molar-refractivity contribution in [3.8, 4) is 0 Å². The van der Waals surface area contributed by atoms with E-state index in [9.17, 15) is 52.8 Å². The fraction of sp³-hybridized carbons (Fsp3) is 0.189. The summed E-state index contributed by atoms with van der Waals surface area (Å²) in [6.45, 7) is 3.34. The molecule has 23 heteroatoms. The van der Waals surface area contributed by atoms with Gasteiger partial charge in [-0.3, -0.25) is 24.3 Å². The molecule has 0 unspecified atom stereocenters. The Labute approximate surface area is 353 Å². The topological polar surface area (TPSA) is 192 Å². The van der Waals surface area contributed by atoms with Crippen LogP contribution >= 0.6 is 33.9 Å². The maximum atomic E-state index is 14.8. The van der Waals surface area contributed by atoms with Crippen LogP contribution in [0, 0.1) is 34.9 Å². The molecule has 0 aliphatic heterocycles. The van der Waals surface area contributed by atoms with Crippen LogP contribution in [0.1, 0.15) is 66.0 Å². The van der Waals surface area contributed by atoms with Crippen LogP contribution < -0.4 is 10.5 Å². The Morgan fingerprint density at radius 1 is 0.650 bits per heavy atom. The minimum atomic E-state index is -4.00. The van der Waals surface area contributed by atoms with Crippen LogP contribution in [-0.4, -0.2) is 59.8 Å². The van der Waals surface area contributed by atoms with Gasteiger partial charge in [0, 0.05) is 33.9 Å². The highest BCUT2D eigenvalue weighted by molar-refractivity contribution is 8.13. The number of benzene rings is 4. The van der Waals surface area contributed by atoms with E-state index in [4.69, 9.17) is 39.6 Å². The van der Waals surface area contributed by atoms with Gasteiger partial charge in [-0.2, -0.15) is 0 Å². The van der Waals surface area contributed by atoms with E-state index in [1.165, 1.54) is 48.8 Å². The lowest BCUT2D eigenvalue weighted by atomic mass is 10.0. The standard InChI is InChI=1S/C18H13ClF3N3O3S.C15H7ClF3N3O.C3H7ClO2S.CH4/c1-2-5-29(27,28)25-13-7-10(20)16(21)15(17(13)22)18(26)9-3-4-11-12(6-9)24-14(19)8-23-11;16-11-5-21-9-2-1-6(3-10(9)22-11)15(23)12-13(18)7(17)4-8(20)14(12)19;1-2-3-7(4,5)6;/h3-4,6-8,25H,2,5H2,1H3;1-5H,20H2;2-3H2,1H3;1H4. The van der Waals surface area contributed by atoms with Crippen LogP contribution in [-0.2, 0) is 19.1 Å². The number of ketones is 2. The molecule has 0 saturated carbocycles. The summed E-state index contributed by atoms with van der Waals surface area (Å²) in [6, 6.07) is 8.63. The number of hydrogen-bond donors (Lipinski definition) is 2. The number of halogens is 9. The number of sulfonamides is 1. The normalized spacial score (nSPS) is 11.2. The minimum Gasteiger partial charge on any atom is -0.396 e. The summed E-state index contributed by atoms with van der Waals surface area (Å²) in [4.78, 5) is 40.9. The van der Waals surface area contributed by atoms with Crippen molar-refractivity contribution < 1.29 is 52.8 Å². The number of nitrogens with one attached hydrogen (secondary N) is 1. The van der Waals surface area contributed by atoms with Gasteiger partial charge in [-0.05, 0) is 49.2 Å². The molecule has 0 fully saturated rings. The van der Waals surface area contributed by atoms with E-state index >= 15 is 0 Å². The number of rotatable bonds is 10. The van der Waals surface area contributed by atoms with Crippen molar-refractivity contribution in [1.29, 1.82) is 0 Å². The summed E-state index contributed by atoms with van der Waals surface area (Å²) in [7, 11) is -2.40. The van der Waals surface area contributed by atoms with Crippen LogP contribution in [0.5, 0.6) is 0 Å². The SMILES string of the molecule is C.CCCS(=O)(=O)Cl.CCCS(=O)(=O)Nc1cc(F)c(F)c(C(=O)c2ccc3ncc(Cl)nc3c2)c1F.Nc1cc(F)c(F)c(C(=O)c2ccc3ncc(Cl)nc3c2)c1F. The molecule has 0 bridgehead atoms. The zero-order valence-corrected chi connectivity index (χ0v) is 34.0. The largest absolute Gasteiger partial charge is 0.396 e. The van der Waals surface area contributed by atoms with Crippen LogP contribution in [0.3, 0.4) is 0 Å². The highest BCUT2D eigenvalue weighted by Gasteiger charge is 2.28. The number of carbonyl (C=O) groups excluding carboxylic acids is 2. The molecule has 3 N–H and O–H groups in total. The third kappa shape index (κ3) is 12.2. The fourth-order valence-corrected chi connectivity index (χ4v) is 7.33. The first-order valence-corrected chi connectivity index (χ1v) is 21.4. The molecule has 0 atom stereocenters. The molecular weight excluding hydrogens is 909 g/mol. The molecule has 12 nitrogen and oxygen atoms in total. The maximum absolute atomic E-state index is 14.8. The Balaban J connectivity index is 0.000000277. The van der Waals surface area contributed by atoms with Gasteiger partial charge in [0.2, 0.25) is 19.1 Å². The lowest BCUT2D eigenvalue weighted by molar-refractivity contribution is 0.102. The Kier molecular flexibility index (Phi) is 16.7. The summed E-state index contributed by atoms with van der Waals surface area (Å²) in [5.74, 6) is -11.7. The summed E-state index contributed by atoms with van der Waals surface area (Å²) >= 11 is 11.5. The molecule has 0 aliphatic rings. The van der Waals surface area contributed by atoms with Gasteiger partial charge in [0.15, 0.2) is 46.5 Å².